The lowest BCUT2D eigenvalue weighted by atomic mass is 9.90. The Morgan fingerprint density at radius 3 is 2.36 bits per heavy atom. The van der Waals surface area contributed by atoms with Crippen molar-refractivity contribution in [1.29, 1.82) is 0 Å². The van der Waals surface area contributed by atoms with Crippen LogP contribution in [0.5, 0.6) is 0 Å². The number of likely N-dealkylation sites (N-methyl/N-ethyl adjacent to an activating group) is 1. The fourth-order valence-electron chi connectivity index (χ4n) is 4.78. The minimum absolute atomic E-state index is 0.0120. The van der Waals surface area contributed by atoms with Gasteiger partial charge in [0.05, 0.1) is 18.8 Å². The molecule has 2 aromatic carbocycles. The van der Waals surface area contributed by atoms with E-state index in [1.807, 2.05) is 73.8 Å². The van der Waals surface area contributed by atoms with E-state index in [0.29, 0.717) is 13.1 Å². The van der Waals surface area contributed by atoms with Crippen LogP contribution in [0.2, 0.25) is 0 Å². The first kappa shape index (κ1) is 28.7. The van der Waals surface area contributed by atoms with Gasteiger partial charge in [0.1, 0.15) is 0 Å². The highest BCUT2D eigenvalue weighted by Gasteiger charge is 2.38. The minimum Gasteiger partial charge on any atom is -0.392 e. The molecule has 3 aromatic rings. The Kier molecular flexibility index (Phi) is 10.4. The normalized spacial score (nSPS) is 21.1. The molecule has 4 unspecified atom stereocenters. The highest BCUT2D eigenvalue weighted by Crippen LogP contribution is 2.41. The summed E-state index contributed by atoms with van der Waals surface area (Å²) >= 11 is 0. The maximum Gasteiger partial charge on any atom is 0.315 e. The molecule has 1 aliphatic heterocycles. The summed E-state index contributed by atoms with van der Waals surface area (Å²) in [5.41, 5.74) is 4.94. The van der Waals surface area contributed by atoms with Crippen molar-refractivity contribution in [2.24, 2.45) is 5.92 Å². The van der Waals surface area contributed by atoms with E-state index < -0.39 is 6.29 Å². The number of hydrogen-bond donors (Lipinski definition) is 3. The molecule has 208 valence electrons. The third-order valence-electron chi connectivity index (χ3n) is 7.13. The van der Waals surface area contributed by atoms with Crippen LogP contribution in [0, 0.1) is 5.92 Å². The molecule has 1 saturated heterocycles. The number of carbonyl (C=O) groups is 1. The van der Waals surface area contributed by atoms with Crippen LogP contribution in [0.3, 0.4) is 0 Å². The molecule has 4 rings (SSSR count). The number of aromatic nitrogens is 1. The summed E-state index contributed by atoms with van der Waals surface area (Å²) < 4.78 is 13.1. The molecule has 1 aliphatic rings. The maximum atomic E-state index is 11.7. The van der Waals surface area contributed by atoms with Gasteiger partial charge in [-0.2, -0.15) is 0 Å². The van der Waals surface area contributed by atoms with Crippen LogP contribution in [0.4, 0.5) is 4.79 Å². The quantitative estimate of drug-likeness (QED) is 0.340. The van der Waals surface area contributed by atoms with Crippen molar-refractivity contribution in [2.45, 2.75) is 51.9 Å². The Labute approximate surface area is 231 Å². The lowest BCUT2D eigenvalue weighted by Gasteiger charge is -2.42. The van der Waals surface area contributed by atoms with Crippen molar-refractivity contribution in [1.82, 2.24) is 20.5 Å². The molecule has 0 spiro atoms. The van der Waals surface area contributed by atoms with Crippen molar-refractivity contribution in [3.05, 3.63) is 101 Å². The number of rotatable bonds is 11. The van der Waals surface area contributed by atoms with Crippen LogP contribution >= 0.6 is 0 Å². The van der Waals surface area contributed by atoms with Crippen LogP contribution < -0.4 is 10.6 Å². The van der Waals surface area contributed by atoms with Gasteiger partial charge in [0.15, 0.2) is 6.29 Å². The van der Waals surface area contributed by atoms with E-state index in [1.165, 1.54) is 0 Å². The molecule has 39 heavy (non-hydrogen) atoms. The Bertz CT molecular complexity index is 1160. The molecular weight excluding hydrogens is 492 g/mol. The number of nitrogens with one attached hydrogen (secondary N) is 2. The van der Waals surface area contributed by atoms with Gasteiger partial charge in [0.25, 0.3) is 0 Å². The number of nitrogens with zero attached hydrogens (tertiary/aromatic N) is 2. The molecule has 1 aromatic heterocycles. The third kappa shape index (κ3) is 8.10. The molecule has 0 saturated carbocycles. The van der Waals surface area contributed by atoms with E-state index in [4.69, 9.17) is 9.47 Å². The molecule has 0 radical (unpaired) electrons. The molecule has 8 nitrogen and oxygen atoms in total. The van der Waals surface area contributed by atoms with Crippen molar-refractivity contribution in [3.63, 3.8) is 0 Å². The summed E-state index contributed by atoms with van der Waals surface area (Å²) in [6.07, 6.45) is 1.96. The van der Waals surface area contributed by atoms with E-state index in [2.05, 4.69) is 40.6 Å². The molecule has 3 N–H and O–H groups in total. The predicted molar refractivity (Wildman–Crippen MR) is 151 cm³/mol. The summed E-state index contributed by atoms with van der Waals surface area (Å²) in [7, 11) is 2.12. The molecule has 2 amide bonds. The van der Waals surface area contributed by atoms with Crippen LogP contribution in [-0.2, 0) is 29.0 Å². The number of urea groups is 1. The highest BCUT2D eigenvalue weighted by atomic mass is 16.7. The second-order valence-electron chi connectivity index (χ2n) is 10.1. The zero-order chi connectivity index (χ0) is 27.6. The average Bonchev–Trinajstić information content (AvgIpc) is 2.97. The summed E-state index contributed by atoms with van der Waals surface area (Å²) in [6, 6.07) is 21.8. The van der Waals surface area contributed by atoms with E-state index >= 15 is 0 Å². The summed E-state index contributed by atoms with van der Waals surface area (Å²) in [6.45, 7) is 6.74. The zero-order valence-corrected chi connectivity index (χ0v) is 23.0. The van der Waals surface area contributed by atoms with Gasteiger partial charge < -0.3 is 30.1 Å². The Hall–Kier alpha value is -3.30. The molecular formula is C31H40N4O4. The largest absolute Gasteiger partial charge is 0.392 e. The van der Waals surface area contributed by atoms with Crippen molar-refractivity contribution in [3.8, 4) is 0 Å². The predicted octanol–water partition coefficient (Wildman–Crippen LogP) is 4.36. The van der Waals surface area contributed by atoms with Crippen LogP contribution in [0.15, 0.2) is 72.9 Å². The number of ether oxygens (including phenoxy) is 2. The first-order chi connectivity index (χ1) is 19.0. The molecule has 8 heteroatoms. The fourth-order valence-corrected chi connectivity index (χ4v) is 4.78. The van der Waals surface area contributed by atoms with Gasteiger partial charge in [-0.25, -0.2) is 4.79 Å². The first-order valence-corrected chi connectivity index (χ1v) is 13.7. The SMILES string of the molecule is CCNC(=O)NCc1ccc(C2OC(CN(C)CCc3ccccn3)C(C)C(c3ccc(CO)cc3)O2)cc1. The molecule has 0 aliphatic carbocycles. The fraction of sp³-hybridized carbons (Fsp3) is 0.419. The topological polar surface area (TPSA) is 96.0 Å². The molecule has 1 fully saturated rings. The summed E-state index contributed by atoms with van der Waals surface area (Å²) in [5, 5.41) is 15.1. The van der Waals surface area contributed by atoms with Gasteiger partial charge in [0.2, 0.25) is 0 Å². The van der Waals surface area contributed by atoms with Gasteiger partial charge in [-0.05, 0) is 42.8 Å². The van der Waals surface area contributed by atoms with Gasteiger partial charge in [0, 0.05) is 56.0 Å². The Morgan fingerprint density at radius 1 is 0.974 bits per heavy atom. The number of benzene rings is 2. The Balaban J connectivity index is 1.47. The monoisotopic (exact) mass is 532 g/mol. The maximum absolute atomic E-state index is 11.7. The number of amides is 2. The Morgan fingerprint density at radius 2 is 1.69 bits per heavy atom. The van der Waals surface area contributed by atoms with E-state index in [9.17, 15) is 9.90 Å². The van der Waals surface area contributed by atoms with Crippen molar-refractivity contribution >= 4 is 6.03 Å². The number of aliphatic hydroxyl groups is 1. The zero-order valence-electron chi connectivity index (χ0n) is 23.0. The number of aliphatic hydroxyl groups excluding tert-OH is 1. The van der Waals surface area contributed by atoms with Crippen molar-refractivity contribution < 1.29 is 19.4 Å². The van der Waals surface area contributed by atoms with Gasteiger partial charge in [-0.1, -0.05) is 61.5 Å². The number of pyridine rings is 1. The molecule has 2 heterocycles. The van der Waals surface area contributed by atoms with E-state index in [-0.39, 0.29) is 30.8 Å². The second kappa shape index (κ2) is 14.2. The van der Waals surface area contributed by atoms with Gasteiger partial charge in [-0.15, -0.1) is 0 Å². The number of carbonyl (C=O) groups excluding carboxylic acids is 1. The summed E-state index contributed by atoms with van der Waals surface area (Å²) in [4.78, 5) is 18.5. The van der Waals surface area contributed by atoms with Crippen LogP contribution in [0.1, 0.15) is 54.2 Å². The van der Waals surface area contributed by atoms with Gasteiger partial charge in [-0.3, -0.25) is 4.98 Å². The standard InChI is InChI=1S/C31H40N4O4/c1-4-32-31(37)34-19-23-8-14-26(15-9-23)30-38-28(20-35(3)18-16-27-7-5-6-17-33-27)22(2)29(39-30)25-12-10-24(21-36)11-13-25/h5-15,17,22,28-30,36H,4,16,18-21H2,1-3H3,(H2,32,34,37). The average molecular weight is 533 g/mol. The van der Waals surface area contributed by atoms with E-state index in [0.717, 1.165) is 47.5 Å². The third-order valence-corrected chi connectivity index (χ3v) is 7.13. The van der Waals surface area contributed by atoms with Crippen LogP contribution in [0.25, 0.3) is 0 Å². The first-order valence-electron chi connectivity index (χ1n) is 13.7. The lowest BCUT2D eigenvalue weighted by molar-refractivity contribution is -0.275. The highest BCUT2D eigenvalue weighted by molar-refractivity contribution is 5.73. The van der Waals surface area contributed by atoms with Gasteiger partial charge >= 0.3 is 6.03 Å². The van der Waals surface area contributed by atoms with Crippen molar-refractivity contribution in [2.75, 3.05) is 26.7 Å². The lowest BCUT2D eigenvalue weighted by Crippen LogP contribution is -2.44. The molecule has 0 bridgehead atoms. The van der Waals surface area contributed by atoms with Crippen LogP contribution in [-0.4, -0.2) is 53.8 Å². The molecule has 4 atom stereocenters. The van der Waals surface area contributed by atoms with E-state index in [1.54, 1.807) is 0 Å². The summed E-state index contributed by atoms with van der Waals surface area (Å²) in [5.74, 6) is 0.110. The second-order valence-corrected chi connectivity index (χ2v) is 10.1. The smallest absolute Gasteiger partial charge is 0.315 e. The number of hydrogen-bond acceptors (Lipinski definition) is 6. The minimum atomic E-state index is -0.525.